The van der Waals surface area contributed by atoms with Gasteiger partial charge in [0.1, 0.15) is 5.82 Å². The molecular weight excluding hydrogens is 420 g/mol. The molecule has 0 aliphatic carbocycles. The minimum Gasteiger partial charge on any atom is -0.384 e. The lowest BCUT2D eigenvalue weighted by molar-refractivity contribution is -0.120. The van der Waals surface area contributed by atoms with Crippen molar-refractivity contribution in [1.29, 1.82) is 0 Å². The second-order valence-corrected chi connectivity index (χ2v) is 8.71. The highest BCUT2D eigenvalue weighted by Crippen LogP contribution is 2.26. The molecule has 2 unspecified atom stereocenters. The Kier molecular flexibility index (Phi) is 6.88. The molecule has 1 aromatic carbocycles. The van der Waals surface area contributed by atoms with Crippen molar-refractivity contribution in [3.05, 3.63) is 48.2 Å². The molecular formula is C24H30N6O3. The molecule has 4 rings (SSSR count). The number of carbonyl (C=O) groups is 3. The van der Waals surface area contributed by atoms with Crippen LogP contribution >= 0.6 is 0 Å². The number of pyridine rings is 1. The van der Waals surface area contributed by atoms with Gasteiger partial charge in [0.15, 0.2) is 0 Å². The van der Waals surface area contributed by atoms with Gasteiger partial charge in [0.25, 0.3) is 5.91 Å². The van der Waals surface area contributed by atoms with E-state index in [0.717, 1.165) is 31.6 Å². The zero-order chi connectivity index (χ0) is 23.4. The molecule has 2 aliphatic heterocycles. The molecule has 4 N–H and O–H groups in total. The van der Waals surface area contributed by atoms with E-state index >= 15 is 0 Å². The van der Waals surface area contributed by atoms with Crippen molar-refractivity contribution in [1.82, 2.24) is 15.2 Å². The first-order chi connectivity index (χ1) is 15.9. The summed E-state index contributed by atoms with van der Waals surface area (Å²) in [4.78, 5) is 45.2. The summed E-state index contributed by atoms with van der Waals surface area (Å²) in [6.45, 7) is 4.78. The number of nitrogens with one attached hydrogen (secondary N) is 2. The van der Waals surface area contributed by atoms with Crippen LogP contribution in [-0.4, -0.2) is 59.8 Å². The van der Waals surface area contributed by atoms with E-state index in [1.165, 1.54) is 6.20 Å². The molecule has 0 bridgehead atoms. The highest BCUT2D eigenvalue weighted by Gasteiger charge is 2.31. The topological polar surface area (TPSA) is 121 Å². The monoisotopic (exact) mass is 450 g/mol. The van der Waals surface area contributed by atoms with Gasteiger partial charge in [0.2, 0.25) is 11.8 Å². The van der Waals surface area contributed by atoms with Gasteiger partial charge in [-0.05, 0) is 69.3 Å². The van der Waals surface area contributed by atoms with Crippen molar-refractivity contribution in [2.45, 2.75) is 32.2 Å². The number of hydrogen-bond acceptors (Lipinski definition) is 6. The summed E-state index contributed by atoms with van der Waals surface area (Å²) in [6, 6.07) is 10.4. The third-order valence-corrected chi connectivity index (χ3v) is 6.32. The predicted molar refractivity (Wildman–Crippen MR) is 127 cm³/mol. The molecule has 3 heterocycles. The van der Waals surface area contributed by atoms with E-state index in [1.807, 2.05) is 31.2 Å². The van der Waals surface area contributed by atoms with Crippen LogP contribution in [0.15, 0.2) is 42.6 Å². The summed E-state index contributed by atoms with van der Waals surface area (Å²) < 4.78 is 0. The second kappa shape index (κ2) is 9.99. The summed E-state index contributed by atoms with van der Waals surface area (Å²) in [5.74, 6) is 0.132. The highest BCUT2D eigenvalue weighted by atomic mass is 16.2. The van der Waals surface area contributed by atoms with Crippen LogP contribution in [0, 0.1) is 5.92 Å². The second-order valence-electron chi connectivity index (χ2n) is 8.71. The number of nitrogens with zero attached hydrogens (tertiary/aromatic N) is 3. The minimum atomic E-state index is -0.239. The van der Waals surface area contributed by atoms with Crippen LogP contribution in [-0.2, 0) is 9.59 Å². The molecule has 2 aliphatic rings. The average molecular weight is 451 g/mol. The first kappa shape index (κ1) is 22.7. The molecule has 9 heteroatoms. The zero-order valence-electron chi connectivity index (χ0n) is 18.8. The van der Waals surface area contributed by atoms with Crippen molar-refractivity contribution < 1.29 is 14.4 Å². The molecule has 2 aromatic rings. The minimum absolute atomic E-state index is 0.0165. The van der Waals surface area contributed by atoms with Crippen molar-refractivity contribution in [3.8, 4) is 0 Å². The molecule has 0 saturated carbocycles. The van der Waals surface area contributed by atoms with E-state index in [-0.39, 0.29) is 29.7 Å². The molecule has 1 aromatic heterocycles. The summed E-state index contributed by atoms with van der Waals surface area (Å²) in [6.07, 6.45) is 4.08. The van der Waals surface area contributed by atoms with Crippen LogP contribution in [0.3, 0.4) is 0 Å². The van der Waals surface area contributed by atoms with E-state index in [2.05, 4.69) is 20.5 Å². The van der Waals surface area contributed by atoms with Crippen molar-refractivity contribution in [3.63, 3.8) is 0 Å². The molecule has 33 heavy (non-hydrogen) atoms. The third-order valence-electron chi connectivity index (χ3n) is 6.32. The smallest absolute Gasteiger partial charge is 0.252 e. The molecule has 3 amide bonds. The standard InChI is InChI=1S/C24H30N6O3/c1-16(29-10-2-3-11-29)23(32)28-19-5-7-20(8-6-19)30-15-17(12-22(30)31)13-27-24(33)18-4-9-21(25)26-14-18/h4-9,14,16-17H,2-3,10-13,15H2,1H3,(H2,25,26)(H,27,33)(H,28,32). The van der Waals surface area contributed by atoms with Crippen LogP contribution in [0.2, 0.25) is 0 Å². The molecule has 2 fully saturated rings. The molecule has 9 nitrogen and oxygen atoms in total. The van der Waals surface area contributed by atoms with Gasteiger partial charge in [-0.15, -0.1) is 0 Å². The highest BCUT2D eigenvalue weighted by molar-refractivity contribution is 5.97. The number of nitrogens with two attached hydrogens (primary N) is 1. The Labute approximate surface area is 193 Å². The number of amides is 3. The van der Waals surface area contributed by atoms with Gasteiger partial charge in [-0.3, -0.25) is 19.3 Å². The number of rotatable bonds is 7. The van der Waals surface area contributed by atoms with Gasteiger partial charge in [0.05, 0.1) is 11.6 Å². The molecule has 2 atom stereocenters. The van der Waals surface area contributed by atoms with Crippen LogP contribution < -0.4 is 21.3 Å². The fourth-order valence-electron chi connectivity index (χ4n) is 4.31. The Morgan fingerprint density at radius 3 is 2.55 bits per heavy atom. The number of anilines is 3. The normalized spacial score (nSPS) is 19.5. The maximum absolute atomic E-state index is 12.6. The van der Waals surface area contributed by atoms with Crippen molar-refractivity contribution in [2.24, 2.45) is 5.92 Å². The maximum Gasteiger partial charge on any atom is 0.252 e. The van der Waals surface area contributed by atoms with Crippen molar-refractivity contribution in [2.75, 3.05) is 42.1 Å². The number of carbonyl (C=O) groups excluding carboxylic acids is 3. The Balaban J connectivity index is 1.29. The van der Waals surface area contributed by atoms with Gasteiger partial charge in [-0.2, -0.15) is 0 Å². The number of benzene rings is 1. The molecule has 2 saturated heterocycles. The average Bonchev–Trinajstić information content (AvgIpc) is 3.48. The van der Waals surface area contributed by atoms with Crippen LogP contribution in [0.4, 0.5) is 17.2 Å². The maximum atomic E-state index is 12.6. The predicted octanol–water partition coefficient (Wildman–Crippen LogP) is 1.87. The lowest BCUT2D eigenvalue weighted by Gasteiger charge is -2.23. The van der Waals surface area contributed by atoms with E-state index in [0.29, 0.717) is 36.6 Å². The summed E-state index contributed by atoms with van der Waals surface area (Å²) >= 11 is 0. The van der Waals surface area contributed by atoms with Crippen LogP contribution in [0.1, 0.15) is 36.5 Å². The zero-order valence-corrected chi connectivity index (χ0v) is 18.8. The molecule has 0 radical (unpaired) electrons. The van der Waals surface area contributed by atoms with Gasteiger partial charge in [-0.1, -0.05) is 0 Å². The first-order valence-electron chi connectivity index (χ1n) is 11.4. The summed E-state index contributed by atoms with van der Waals surface area (Å²) in [7, 11) is 0. The van der Waals surface area contributed by atoms with Gasteiger partial charge < -0.3 is 21.3 Å². The first-order valence-corrected chi connectivity index (χ1v) is 11.4. The fourth-order valence-corrected chi connectivity index (χ4v) is 4.31. The van der Waals surface area contributed by atoms with Gasteiger partial charge >= 0.3 is 0 Å². The summed E-state index contributed by atoms with van der Waals surface area (Å²) in [5.41, 5.74) is 7.47. The molecule has 0 spiro atoms. The Hall–Kier alpha value is -3.46. The fraction of sp³-hybridized carbons (Fsp3) is 0.417. The number of aromatic nitrogens is 1. The Morgan fingerprint density at radius 1 is 1.15 bits per heavy atom. The van der Waals surface area contributed by atoms with E-state index in [9.17, 15) is 14.4 Å². The van der Waals surface area contributed by atoms with Crippen LogP contribution in [0.5, 0.6) is 0 Å². The lowest BCUT2D eigenvalue weighted by Crippen LogP contribution is -2.40. The SMILES string of the molecule is CC(C(=O)Nc1ccc(N2CC(CNC(=O)c3ccc(N)nc3)CC2=O)cc1)N1CCCC1. The van der Waals surface area contributed by atoms with E-state index in [1.54, 1.807) is 17.0 Å². The van der Waals surface area contributed by atoms with Crippen molar-refractivity contribution >= 4 is 34.9 Å². The third kappa shape index (κ3) is 5.48. The lowest BCUT2D eigenvalue weighted by atomic mass is 10.1. The van der Waals surface area contributed by atoms with Gasteiger partial charge in [0, 0.05) is 43.0 Å². The number of nitrogen functional groups attached to an aromatic ring is 1. The number of likely N-dealkylation sites (tertiary alicyclic amines) is 1. The Bertz CT molecular complexity index is 1000. The summed E-state index contributed by atoms with van der Waals surface area (Å²) in [5, 5.41) is 5.83. The van der Waals surface area contributed by atoms with E-state index < -0.39 is 0 Å². The number of hydrogen-bond donors (Lipinski definition) is 3. The van der Waals surface area contributed by atoms with Gasteiger partial charge in [-0.25, -0.2) is 4.98 Å². The van der Waals surface area contributed by atoms with Crippen LogP contribution in [0.25, 0.3) is 0 Å². The quantitative estimate of drug-likeness (QED) is 0.592. The molecule has 174 valence electrons. The largest absolute Gasteiger partial charge is 0.384 e. The van der Waals surface area contributed by atoms with E-state index in [4.69, 9.17) is 5.73 Å². The Morgan fingerprint density at radius 2 is 1.88 bits per heavy atom.